The summed E-state index contributed by atoms with van der Waals surface area (Å²) in [4.78, 5) is 28.0. The summed E-state index contributed by atoms with van der Waals surface area (Å²) in [6.07, 6.45) is -2.50. The Morgan fingerprint density at radius 2 is 2.00 bits per heavy atom. The Bertz CT molecular complexity index is 1170. The molecule has 1 saturated heterocycles. The topological polar surface area (TPSA) is 155 Å². The number of nitrogen functional groups attached to an aromatic ring is 1. The van der Waals surface area contributed by atoms with Crippen LogP contribution in [0.25, 0.3) is 0 Å². The van der Waals surface area contributed by atoms with Crippen LogP contribution >= 0.6 is 35.4 Å². The van der Waals surface area contributed by atoms with Gasteiger partial charge in [0.15, 0.2) is 6.17 Å². The molecule has 198 valence electrons. The van der Waals surface area contributed by atoms with Crippen LogP contribution in [0.1, 0.15) is 26.1 Å². The molecule has 0 bridgehead atoms. The number of nitrogens with zero attached hydrogens (tertiary/aromatic N) is 2. The molecule has 0 saturated carbocycles. The molecule has 2 aromatic rings. The van der Waals surface area contributed by atoms with E-state index in [-0.39, 0.29) is 11.6 Å². The zero-order valence-electron chi connectivity index (χ0n) is 19.6. The van der Waals surface area contributed by atoms with Crippen molar-refractivity contribution in [3.05, 3.63) is 51.5 Å². The van der Waals surface area contributed by atoms with E-state index in [4.69, 9.17) is 19.5 Å². The maximum atomic E-state index is 14.9. The van der Waals surface area contributed by atoms with Gasteiger partial charge in [-0.1, -0.05) is 15.9 Å². The molecule has 4 N–H and O–H groups in total. The van der Waals surface area contributed by atoms with Crippen molar-refractivity contribution < 1.29 is 32.6 Å². The van der Waals surface area contributed by atoms with Crippen LogP contribution in [-0.4, -0.2) is 56.9 Å². The van der Waals surface area contributed by atoms with Crippen LogP contribution in [0, 0.1) is 0 Å². The van der Waals surface area contributed by atoms with Crippen LogP contribution in [0.4, 0.5) is 10.2 Å². The summed E-state index contributed by atoms with van der Waals surface area (Å²) in [7, 11) is -4.23. The Balaban J connectivity index is 1.76. The Morgan fingerprint density at radius 3 is 2.61 bits per heavy atom. The molecular formula is C21H27BrFN4O7PS. The second-order valence-corrected chi connectivity index (χ2v) is 12.2. The van der Waals surface area contributed by atoms with Gasteiger partial charge in [-0.05, 0) is 51.1 Å². The molecule has 2 heterocycles. The average molecular weight is 609 g/mol. The fraction of sp³-hybridized carbons (Fsp3) is 0.476. The van der Waals surface area contributed by atoms with Crippen LogP contribution in [0.2, 0.25) is 0 Å². The van der Waals surface area contributed by atoms with E-state index in [2.05, 4.69) is 26.0 Å². The van der Waals surface area contributed by atoms with Crippen molar-refractivity contribution in [2.45, 2.75) is 55.8 Å². The number of alkyl halides is 1. The molecule has 0 aliphatic carbocycles. The fourth-order valence-electron chi connectivity index (χ4n) is 3.20. The normalized spacial score (nSPS) is 24.3. The zero-order valence-corrected chi connectivity index (χ0v) is 22.9. The van der Waals surface area contributed by atoms with Crippen molar-refractivity contribution in [2.75, 3.05) is 12.3 Å². The van der Waals surface area contributed by atoms with Gasteiger partial charge >= 0.3 is 19.4 Å². The summed E-state index contributed by atoms with van der Waals surface area (Å²) in [6, 6.07) is 6.65. The number of anilines is 1. The zero-order chi connectivity index (χ0) is 26.6. The van der Waals surface area contributed by atoms with E-state index >= 15 is 0 Å². The lowest BCUT2D eigenvalue weighted by molar-refractivity contribution is -0.149. The lowest BCUT2D eigenvalue weighted by Crippen LogP contribution is -2.37. The maximum absolute atomic E-state index is 14.9. The first kappa shape index (κ1) is 28.6. The number of halogens is 2. The first-order valence-corrected chi connectivity index (χ1v) is 14.2. The van der Waals surface area contributed by atoms with Gasteiger partial charge in [0.25, 0.3) is 0 Å². The summed E-state index contributed by atoms with van der Waals surface area (Å²) in [5.74, 6) is -0.515. The van der Waals surface area contributed by atoms with Gasteiger partial charge in [0.1, 0.15) is 29.1 Å². The molecule has 0 spiro atoms. The molecule has 1 aliphatic rings. The van der Waals surface area contributed by atoms with E-state index in [1.807, 2.05) is 0 Å². The predicted molar refractivity (Wildman–Crippen MR) is 136 cm³/mol. The first-order valence-electron chi connectivity index (χ1n) is 10.9. The van der Waals surface area contributed by atoms with Crippen molar-refractivity contribution in [3.63, 3.8) is 0 Å². The number of hydrogen-bond acceptors (Lipinski definition) is 10. The fourth-order valence-corrected chi connectivity index (χ4v) is 6.50. The molecule has 0 radical (unpaired) electrons. The number of thioether (sulfide) groups is 1. The summed E-state index contributed by atoms with van der Waals surface area (Å²) < 4.78 is 46.6. The second kappa shape index (κ2) is 12.1. The van der Waals surface area contributed by atoms with Gasteiger partial charge in [0, 0.05) is 10.7 Å². The number of benzene rings is 1. The number of nitrogens with two attached hydrogens (primary N) is 1. The van der Waals surface area contributed by atoms with Gasteiger partial charge < -0.3 is 20.1 Å². The third-order valence-corrected chi connectivity index (χ3v) is 8.63. The van der Waals surface area contributed by atoms with Gasteiger partial charge in [0.2, 0.25) is 0 Å². The molecule has 3 rings (SSSR count). The number of aliphatic hydroxyl groups excluding tert-OH is 1. The van der Waals surface area contributed by atoms with Crippen molar-refractivity contribution in [1.29, 1.82) is 0 Å². The highest BCUT2D eigenvalue weighted by Gasteiger charge is 2.46. The molecule has 6 atom stereocenters. The van der Waals surface area contributed by atoms with Crippen LogP contribution in [0.15, 0.2) is 45.8 Å². The highest BCUT2D eigenvalue weighted by molar-refractivity contribution is 9.10. The number of carbonyl (C=O) groups excluding carboxylic acids is 1. The summed E-state index contributed by atoms with van der Waals surface area (Å²) in [5.41, 5.74) is 4.72. The minimum absolute atomic E-state index is 0.0164. The van der Waals surface area contributed by atoms with Gasteiger partial charge in [-0.3, -0.25) is 13.9 Å². The number of nitrogens with one attached hydrogen (secondary N) is 1. The number of esters is 1. The van der Waals surface area contributed by atoms with E-state index in [1.165, 1.54) is 31.3 Å². The first-order chi connectivity index (χ1) is 16.9. The highest BCUT2D eigenvalue weighted by atomic mass is 79.9. The minimum Gasteiger partial charge on any atom is -0.462 e. The number of ether oxygens (including phenoxy) is 1. The smallest absolute Gasteiger partial charge is 0.459 e. The van der Waals surface area contributed by atoms with Gasteiger partial charge in [-0.25, -0.2) is 13.8 Å². The number of carbonyl (C=O) groups is 1. The summed E-state index contributed by atoms with van der Waals surface area (Å²) >= 11 is 4.21. The average Bonchev–Trinajstić information content (AvgIpc) is 3.07. The van der Waals surface area contributed by atoms with Crippen LogP contribution in [0.3, 0.4) is 0 Å². The standard InChI is InChI=1S/C21H27BrFN4O7PS/c1-11(2)33-20(29)12(3)26-35(31,34-14-6-4-13(22)5-7-14)32-10-15-18(28)17(23)19(36-15)27-9-8-16(24)25-21(27)30/h4-9,11-12,15,17-19,28H,10H2,1-3H3,(H,26,31)(H2,24,25,30)/t12?,15-,17+,18-,19-,35?/m1/s1. The molecule has 11 nitrogen and oxygen atoms in total. The maximum Gasteiger partial charge on any atom is 0.459 e. The SMILES string of the molecule is CC(C)OC(=O)C(C)NP(=O)(OC[C@H]1S[C@@H](n2ccc(N)nc2=O)[C@@H](F)[C@@H]1O)Oc1ccc(Br)cc1. The molecular weight excluding hydrogens is 582 g/mol. The molecule has 1 fully saturated rings. The summed E-state index contributed by atoms with van der Waals surface area (Å²) in [5, 5.41) is 11.0. The van der Waals surface area contributed by atoms with Gasteiger partial charge in [-0.15, -0.1) is 11.8 Å². The number of aliphatic hydroxyl groups is 1. The van der Waals surface area contributed by atoms with Crippen LogP contribution in [0.5, 0.6) is 5.75 Å². The van der Waals surface area contributed by atoms with Crippen molar-refractivity contribution in [1.82, 2.24) is 14.6 Å². The Labute approximate surface area is 219 Å². The Morgan fingerprint density at radius 1 is 1.33 bits per heavy atom. The Kier molecular flexibility index (Phi) is 9.58. The molecule has 36 heavy (non-hydrogen) atoms. The molecule has 0 amide bonds. The quantitative estimate of drug-likeness (QED) is 0.269. The van der Waals surface area contributed by atoms with E-state index in [9.17, 15) is 23.7 Å². The monoisotopic (exact) mass is 608 g/mol. The Hall–Kier alpha value is -1.96. The van der Waals surface area contributed by atoms with Gasteiger partial charge in [0.05, 0.1) is 18.0 Å². The molecule has 15 heteroatoms. The van der Waals surface area contributed by atoms with Crippen molar-refractivity contribution in [3.8, 4) is 5.75 Å². The minimum atomic E-state index is -4.23. The second-order valence-electron chi connectivity index (χ2n) is 8.22. The summed E-state index contributed by atoms with van der Waals surface area (Å²) in [6.45, 7) is 4.35. The number of hydrogen-bond donors (Lipinski definition) is 3. The van der Waals surface area contributed by atoms with Crippen LogP contribution < -0.4 is 21.0 Å². The lowest BCUT2D eigenvalue weighted by Gasteiger charge is -2.25. The molecule has 1 aromatic carbocycles. The van der Waals surface area contributed by atoms with Crippen LogP contribution in [-0.2, 0) is 18.6 Å². The molecule has 1 aliphatic heterocycles. The lowest BCUT2D eigenvalue weighted by atomic mass is 10.1. The highest BCUT2D eigenvalue weighted by Crippen LogP contribution is 2.49. The van der Waals surface area contributed by atoms with E-state index < -0.39 is 61.1 Å². The number of aromatic nitrogens is 2. The molecule has 1 aromatic heterocycles. The van der Waals surface area contributed by atoms with E-state index in [0.29, 0.717) is 0 Å². The van der Waals surface area contributed by atoms with Crippen molar-refractivity contribution in [2.24, 2.45) is 0 Å². The third kappa shape index (κ3) is 7.30. The van der Waals surface area contributed by atoms with Crippen molar-refractivity contribution >= 4 is 47.2 Å². The third-order valence-electron chi connectivity index (χ3n) is 4.92. The number of rotatable bonds is 10. The predicted octanol–water partition coefficient (Wildman–Crippen LogP) is 3.03. The van der Waals surface area contributed by atoms with E-state index in [1.54, 1.807) is 26.0 Å². The largest absolute Gasteiger partial charge is 0.462 e. The van der Waals surface area contributed by atoms with Gasteiger partial charge in [-0.2, -0.15) is 10.1 Å². The molecule has 2 unspecified atom stereocenters. The van der Waals surface area contributed by atoms with E-state index in [0.717, 1.165) is 20.8 Å².